The minimum absolute atomic E-state index is 0.0892. The average Bonchev–Trinajstić information content (AvgIpc) is 3.25. The van der Waals surface area contributed by atoms with Crippen LogP contribution in [0.25, 0.3) is 27.6 Å². The van der Waals surface area contributed by atoms with Gasteiger partial charge in [0.2, 0.25) is 5.95 Å². The van der Waals surface area contributed by atoms with E-state index in [0.29, 0.717) is 17.2 Å². The third kappa shape index (κ3) is 3.87. The third-order valence-electron chi connectivity index (χ3n) is 5.59. The zero-order valence-electron chi connectivity index (χ0n) is 18.6. The average molecular weight is 438 g/mol. The molecule has 0 aliphatic carbocycles. The molecule has 3 heterocycles. The van der Waals surface area contributed by atoms with Gasteiger partial charge in [0.1, 0.15) is 12.2 Å². The number of hydrogen-bond acceptors (Lipinski definition) is 6. The Morgan fingerprint density at radius 1 is 1.03 bits per heavy atom. The van der Waals surface area contributed by atoms with Gasteiger partial charge >= 0.3 is 0 Å². The van der Waals surface area contributed by atoms with E-state index in [-0.39, 0.29) is 11.6 Å². The summed E-state index contributed by atoms with van der Waals surface area (Å²) in [6.45, 7) is 3.80. The van der Waals surface area contributed by atoms with E-state index in [1.165, 1.54) is 6.33 Å². The molecule has 164 valence electrons. The van der Waals surface area contributed by atoms with Crippen LogP contribution in [0.5, 0.6) is 0 Å². The van der Waals surface area contributed by atoms with Crippen molar-refractivity contribution in [3.05, 3.63) is 95.2 Å². The lowest BCUT2D eigenvalue weighted by Crippen LogP contribution is -2.26. The molecule has 0 spiro atoms. The highest BCUT2D eigenvalue weighted by Crippen LogP contribution is 2.29. The van der Waals surface area contributed by atoms with Crippen molar-refractivity contribution in [2.75, 3.05) is 5.32 Å². The van der Waals surface area contributed by atoms with Gasteiger partial charge < -0.3 is 5.32 Å². The number of aromatic nitrogens is 6. The van der Waals surface area contributed by atoms with Crippen LogP contribution in [0.15, 0.2) is 78.1 Å². The van der Waals surface area contributed by atoms with Crippen LogP contribution < -0.4 is 10.9 Å². The van der Waals surface area contributed by atoms with Gasteiger partial charge in [-0.2, -0.15) is 10.1 Å². The lowest BCUT2D eigenvalue weighted by molar-refractivity contribution is 0.763. The third-order valence-corrected chi connectivity index (χ3v) is 5.59. The van der Waals surface area contributed by atoms with Crippen LogP contribution in [-0.4, -0.2) is 29.3 Å². The van der Waals surface area contributed by atoms with Gasteiger partial charge in [-0.05, 0) is 43.0 Å². The number of pyridine rings is 1. The van der Waals surface area contributed by atoms with Crippen LogP contribution >= 0.6 is 0 Å². The fourth-order valence-electron chi connectivity index (χ4n) is 4.06. The predicted molar refractivity (Wildman–Crippen MR) is 128 cm³/mol. The highest BCUT2D eigenvalue weighted by atomic mass is 16.1. The zero-order chi connectivity index (χ0) is 22.9. The second-order valence-electron chi connectivity index (χ2n) is 7.94. The van der Waals surface area contributed by atoms with Crippen molar-refractivity contribution in [3.63, 3.8) is 0 Å². The van der Waals surface area contributed by atoms with E-state index in [2.05, 4.69) is 31.4 Å². The number of nitrogens with one attached hydrogen (secondary N) is 1. The maximum absolute atomic E-state index is 14.0. The van der Waals surface area contributed by atoms with Crippen LogP contribution in [-0.2, 0) is 7.05 Å². The Balaban J connectivity index is 1.74. The first-order chi connectivity index (χ1) is 16.0. The van der Waals surface area contributed by atoms with Crippen LogP contribution in [0.2, 0.25) is 0 Å². The lowest BCUT2D eigenvalue weighted by Gasteiger charge is -2.21. The number of benzene rings is 2. The van der Waals surface area contributed by atoms with Crippen molar-refractivity contribution in [2.24, 2.45) is 7.05 Å². The summed E-state index contributed by atoms with van der Waals surface area (Å²) in [6, 6.07) is 17.4. The lowest BCUT2D eigenvalue weighted by atomic mass is 10.00. The SMILES string of the molecule is Cc1ncnc(N[C@@H](C)c2cc3cccc(-c4cnn(C)c4)c3c(=O)n2-c2ccccc2)n1. The molecule has 8 heteroatoms. The van der Waals surface area contributed by atoms with E-state index in [4.69, 9.17) is 0 Å². The van der Waals surface area contributed by atoms with Gasteiger partial charge in [0.05, 0.1) is 17.6 Å². The van der Waals surface area contributed by atoms with Crippen LogP contribution in [0.1, 0.15) is 24.5 Å². The molecule has 0 bridgehead atoms. The summed E-state index contributed by atoms with van der Waals surface area (Å²) in [7, 11) is 1.87. The fraction of sp³-hybridized carbons (Fsp3) is 0.160. The number of anilines is 1. The fourth-order valence-corrected chi connectivity index (χ4v) is 4.06. The van der Waals surface area contributed by atoms with E-state index in [1.807, 2.05) is 75.6 Å². The van der Waals surface area contributed by atoms with Gasteiger partial charge in [-0.1, -0.05) is 36.4 Å². The second kappa shape index (κ2) is 8.31. The first-order valence-electron chi connectivity index (χ1n) is 10.7. The highest BCUT2D eigenvalue weighted by Gasteiger charge is 2.19. The molecular formula is C25H23N7O. The molecule has 0 aliphatic rings. The van der Waals surface area contributed by atoms with E-state index >= 15 is 0 Å². The standard InChI is InChI=1S/C25H23N7O/c1-16(29-25-27-15-26-17(2)30-25)22-12-18-8-7-11-21(19-13-28-31(3)14-19)23(18)24(33)32(22)20-9-5-4-6-10-20/h4-16H,1-3H3,(H,26,27,29,30)/t16-/m0/s1. The smallest absolute Gasteiger partial charge is 0.263 e. The summed E-state index contributed by atoms with van der Waals surface area (Å²) in [5, 5.41) is 9.12. The number of fused-ring (bicyclic) bond motifs is 1. The number of hydrogen-bond donors (Lipinski definition) is 1. The van der Waals surface area contributed by atoms with Gasteiger partial charge in [-0.15, -0.1) is 0 Å². The first kappa shape index (κ1) is 20.6. The van der Waals surface area contributed by atoms with Crippen LogP contribution in [0.4, 0.5) is 5.95 Å². The molecule has 5 rings (SSSR count). The molecule has 0 radical (unpaired) electrons. The molecule has 0 saturated carbocycles. The van der Waals surface area contributed by atoms with E-state index in [9.17, 15) is 4.79 Å². The van der Waals surface area contributed by atoms with Crippen molar-refractivity contribution >= 4 is 16.7 Å². The Kier molecular flexibility index (Phi) is 5.18. The van der Waals surface area contributed by atoms with Gasteiger partial charge in [-0.25, -0.2) is 9.97 Å². The summed E-state index contributed by atoms with van der Waals surface area (Å²) in [5.41, 5.74) is 3.27. The Labute approximate surface area is 190 Å². The number of rotatable bonds is 5. The maximum Gasteiger partial charge on any atom is 0.263 e. The molecule has 0 unspecified atom stereocenters. The quantitative estimate of drug-likeness (QED) is 0.446. The van der Waals surface area contributed by atoms with Crippen molar-refractivity contribution in [1.29, 1.82) is 0 Å². The Morgan fingerprint density at radius 3 is 2.58 bits per heavy atom. The largest absolute Gasteiger partial charge is 0.346 e. The van der Waals surface area contributed by atoms with Crippen LogP contribution in [0, 0.1) is 6.92 Å². The topological polar surface area (TPSA) is 90.5 Å². The van der Waals surface area contributed by atoms with Crippen molar-refractivity contribution in [3.8, 4) is 16.8 Å². The number of para-hydroxylation sites is 1. The molecule has 8 nitrogen and oxygen atoms in total. The summed E-state index contributed by atoms with van der Waals surface area (Å²) in [5.74, 6) is 1.09. The molecule has 33 heavy (non-hydrogen) atoms. The first-order valence-corrected chi connectivity index (χ1v) is 10.7. The predicted octanol–water partition coefficient (Wildman–Crippen LogP) is 4.06. The van der Waals surface area contributed by atoms with Gasteiger partial charge in [0, 0.05) is 30.2 Å². The van der Waals surface area contributed by atoms with E-state index in [0.717, 1.165) is 27.9 Å². The summed E-state index contributed by atoms with van der Waals surface area (Å²) in [4.78, 5) is 26.7. The molecule has 5 aromatic rings. The second-order valence-corrected chi connectivity index (χ2v) is 7.94. The monoisotopic (exact) mass is 437 g/mol. The zero-order valence-corrected chi connectivity index (χ0v) is 18.6. The van der Waals surface area contributed by atoms with Crippen molar-refractivity contribution in [2.45, 2.75) is 19.9 Å². The molecule has 2 aromatic carbocycles. The number of nitrogens with zero attached hydrogens (tertiary/aromatic N) is 6. The molecule has 0 aliphatic heterocycles. The molecule has 1 N–H and O–H groups in total. The molecule has 0 amide bonds. The molecule has 0 saturated heterocycles. The Hall–Kier alpha value is -4.33. The molecule has 1 atom stereocenters. The summed E-state index contributed by atoms with van der Waals surface area (Å²) in [6.07, 6.45) is 5.17. The van der Waals surface area contributed by atoms with Gasteiger partial charge in [-0.3, -0.25) is 14.0 Å². The Morgan fingerprint density at radius 2 is 1.85 bits per heavy atom. The van der Waals surface area contributed by atoms with E-state index < -0.39 is 0 Å². The highest BCUT2D eigenvalue weighted by molar-refractivity contribution is 5.96. The number of aryl methyl sites for hydroxylation is 2. The van der Waals surface area contributed by atoms with E-state index in [1.54, 1.807) is 15.4 Å². The minimum atomic E-state index is -0.244. The van der Waals surface area contributed by atoms with Gasteiger partial charge in [0.25, 0.3) is 5.56 Å². The summed E-state index contributed by atoms with van der Waals surface area (Å²) >= 11 is 0. The normalized spacial score (nSPS) is 12.1. The molecular weight excluding hydrogens is 414 g/mol. The van der Waals surface area contributed by atoms with Crippen molar-refractivity contribution < 1.29 is 0 Å². The molecule has 3 aromatic heterocycles. The minimum Gasteiger partial charge on any atom is -0.346 e. The van der Waals surface area contributed by atoms with Crippen molar-refractivity contribution in [1.82, 2.24) is 29.3 Å². The Bertz CT molecular complexity index is 1500. The summed E-state index contributed by atoms with van der Waals surface area (Å²) < 4.78 is 3.49. The maximum atomic E-state index is 14.0. The molecule has 0 fully saturated rings. The van der Waals surface area contributed by atoms with Gasteiger partial charge in [0.15, 0.2) is 0 Å². The van der Waals surface area contributed by atoms with Crippen LogP contribution in [0.3, 0.4) is 0 Å².